The lowest BCUT2D eigenvalue weighted by molar-refractivity contribution is 0.170. The quantitative estimate of drug-likeness (QED) is 0.860. The smallest absolute Gasteiger partial charge is 0.177 e. The second-order valence-electron chi connectivity index (χ2n) is 3.58. The van der Waals surface area contributed by atoms with Crippen LogP contribution >= 0.6 is 0 Å². The Morgan fingerprint density at radius 2 is 2.18 bits per heavy atom. The third-order valence-corrected chi connectivity index (χ3v) is 2.24. The minimum absolute atomic E-state index is 0.0196. The fraction of sp³-hybridized carbons (Fsp3) is 0.300. The van der Waals surface area contributed by atoms with Crippen molar-refractivity contribution in [2.45, 2.75) is 12.5 Å². The van der Waals surface area contributed by atoms with Crippen molar-refractivity contribution in [3.05, 3.63) is 41.2 Å². The van der Waals surface area contributed by atoms with Crippen molar-refractivity contribution in [2.75, 3.05) is 0 Å². The number of halogens is 2. The van der Waals surface area contributed by atoms with Crippen LogP contribution in [0.5, 0.6) is 0 Å². The van der Waals surface area contributed by atoms with Crippen LogP contribution in [0, 0.1) is 11.6 Å². The average Bonchev–Trinajstić information content (AvgIpc) is 2.67. The zero-order valence-electron chi connectivity index (χ0n) is 9.01. The van der Waals surface area contributed by atoms with E-state index in [1.807, 2.05) is 0 Å². The number of hydrogen-bond donors (Lipinski definition) is 1. The van der Waals surface area contributed by atoms with E-state index in [2.05, 4.69) is 15.4 Å². The zero-order valence-corrected chi connectivity index (χ0v) is 9.01. The Bertz CT molecular complexity index is 529. The normalized spacial score (nSPS) is 12.7. The molecule has 1 aromatic carbocycles. The molecule has 0 aliphatic carbocycles. The second kappa shape index (κ2) is 4.54. The summed E-state index contributed by atoms with van der Waals surface area (Å²) in [5.74, 6) is -1.00. The summed E-state index contributed by atoms with van der Waals surface area (Å²) in [6.45, 7) is 0. The standard InChI is InChI=1S/C10H10F2N4O/c1-16-14-10(13-15-16)5-9(17)7-4-6(11)2-3-8(7)12/h2-4,9,17H,5H2,1H3. The number of aryl methyl sites for hydroxylation is 1. The summed E-state index contributed by atoms with van der Waals surface area (Å²) >= 11 is 0. The summed E-state index contributed by atoms with van der Waals surface area (Å²) in [5, 5.41) is 20.9. The molecule has 0 radical (unpaired) electrons. The zero-order chi connectivity index (χ0) is 12.4. The van der Waals surface area contributed by atoms with Gasteiger partial charge in [0, 0.05) is 12.0 Å². The second-order valence-corrected chi connectivity index (χ2v) is 3.58. The largest absolute Gasteiger partial charge is 0.388 e. The molecule has 5 nitrogen and oxygen atoms in total. The minimum atomic E-state index is -1.20. The van der Waals surface area contributed by atoms with Gasteiger partial charge in [-0.3, -0.25) is 0 Å². The van der Waals surface area contributed by atoms with E-state index >= 15 is 0 Å². The van der Waals surface area contributed by atoms with Crippen LogP contribution in [0.2, 0.25) is 0 Å². The average molecular weight is 240 g/mol. The first-order chi connectivity index (χ1) is 8.06. The molecule has 1 heterocycles. The molecular weight excluding hydrogens is 230 g/mol. The number of aliphatic hydroxyl groups excluding tert-OH is 1. The van der Waals surface area contributed by atoms with Crippen LogP contribution < -0.4 is 0 Å². The van der Waals surface area contributed by atoms with Crippen molar-refractivity contribution in [1.29, 1.82) is 0 Å². The van der Waals surface area contributed by atoms with Gasteiger partial charge in [-0.05, 0) is 23.4 Å². The summed E-state index contributed by atoms with van der Waals surface area (Å²) in [6.07, 6.45) is -1.22. The molecule has 17 heavy (non-hydrogen) atoms. The number of hydrogen-bond acceptors (Lipinski definition) is 4. The van der Waals surface area contributed by atoms with Crippen LogP contribution in [0.25, 0.3) is 0 Å². The van der Waals surface area contributed by atoms with Gasteiger partial charge in [0.2, 0.25) is 0 Å². The number of aliphatic hydroxyl groups is 1. The van der Waals surface area contributed by atoms with E-state index in [0.717, 1.165) is 18.2 Å². The van der Waals surface area contributed by atoms with Crippen molar-refractivity contribution < 1.29 is 13.9 Å². The molecule has 1 N–H and O–H groups in total. The fourth-order valence-corrected chi connectivity index (χ4v) is 1.46. The molecule has 1 atom stereocenters. The summed E-state index contributed by atoms with van der Waals surface area (Å²) in [7, 11) is 1.58. The predicted octanol–water partition coefficient (Wildman–Crippen LogP) is 0.764. The third-order valence-electron chi connectivity index (χ3n) is 2.24. The Morgan fingerprint density at radius 3 is 2.82 bits per heavy atom. The lowest BCUT2D eigenvalue weighted by Crippen LogP contribution is -2.06. The molecule has 0 amide bonds. The van der Waals surface area contributed by atoms with E-state index in [4.69, 9.17) is 0 Å². The van der Waals surface area contributed by atoms with Gasteiger partial charge in [-0.2, -0.15) is 4.80 Å². The molecule has 1 aromatic heterocycles. The Kier molecular flexibility index (Phi) is 3.10. The molecule has 0 saturated heterocycles. The van der Waals surface area contributed by atoms with Crippen LogP contribution in [0.1, 0.15) is 17.5 Å². The maximum atomic E-state index is 13.3. The summed E-state index contributed by atoms with van der Waals surface area (Å²) in [5.41, 5.74) is -0.113. The first-order valence-corrected chi connectivity index (χ1v) is 4.92. The minimum Gasteiger partial charge on any atom is -0.388 e. The Morgan fingerprint density at radius 1 is 1.41 bits per heavy atom. The highest BCUT2D eigenvalue weighted by Gasteiger charge is 2.16. The number of nitrogens with zero attached hydrogens (tertiary/aromatic N) is 4. The molecule has 90 valence electrons. The number of aromatic nitrogens is 4. The van der Waals surface area contributed by atoms with E-state index < -0.39 is 17.7 Å². The number of benzene rings is 1. The highest BCUT2D eigenvalue weighted by molar-refractivity contribution is 5.21. The lowest BCUT2D eigenvalue weighted by atomic mass is 10.1. The van der Waals surface area contributed by atoms with E-state index in [1.54, 1.807) is 7.05 Å². The topological polar surface area (TPSA) is 63.8 Å². The first kappa shape index (κ1) is 11.6. The van der Waals surface area contributed by atoms with Gasteiger partial charge in [0.25, 0.3) is 0 Å². The van der Waals surface area contributed by atoms with Crippen LogP contribution in [-0.2, 0) is 13.5 Å². The molecule has 7 heteroatoms. The number of rotatable bonds is 3. The Hall–Kier alpha value is -1.89. The van der Waals surface area contributed by atoms with Crippen LogP contribution in [0.15, 0.2) is 18.2 Å². The van der Waals surface area contributed by atoms with E-state index in [1.165, 1.54) is 4.80 Å². The molecule has 2 rings (SSSR count). The van der Waals surface area contributed by atoms with E-state index in [-0.39, 0.29) is 17.8 Å². The molecular formula is C10H10F2N4O. The van der Waals surface area contributed by atoms with E-state index in [9.17, 15) is 13.9 Å². The van der Waals surface area contributed by atoms with Gasteiger partial charge in [0.1, 0.15) is 11.6 Å². The van der Waals surface area contributed by atoms with Crippen molar-refractivity contribution in [1.82, 2.24) is 20.2 Å². The van der Waals surface area contributed by atoms with Gasteiger partial charge in [-0.25, -0.2) is 8.78 Å². The summed E-state index contributed by atoms with van der Waals surface area (Å²) < 4.78 is 26.3. The third kappa shape index (κ3) is 2.62. The monoisotopic (exact) mass is 240 g/mol. The number of tetrazole rings is 1. The van der Waals surface area contributed by atoms with Crippen molar-refractivity contribution in [3.8, 4) is 0 Å². The van der Waals surface area contributed by atoms with Gasteiger partial charge < -0.3 is 5.11 Å². The molecule has 0 spiro atoms. The van der Waals surface area contributed by atoms with Gasteiger partial charge in [-0.15, -0.1) is 10.2 Å². The molecule has 1 unspecified atom stereocenters. The maximum Gasteiger partial charge on any atom is 0.177 e. The van der Waals surface area contributed by atoms with Crippen molar-refractivity contribution in [3.63, 3.8) is 0 Å². The van der Waals surface area contributed by atoms with Crippen molar-refractivity contribution in [2.24, 2.45) is 7.05 Å². The molecule has 0 fully saturated rings. The molecule has 0 aliphatic rings. The summed E-state index contributed by atoms with van der Waals surface area (Å²) in [4.78, 5) is 1.23. The van der Waals surface area contributed by atoms with Gasteiger partial charge in [-0.1, -0.05) is 0 Å². The van der Waals surface area contributed by atoms with Crippen molar-refractivity contribution >= 4 is 0 Å². The lowest BCUT2D eigenvalue weighted by Gasteiger charge is -2.09. The molecule has 0 aliphatic heterocycles. The Labute approximate surface area is 95.7 Å². The highest BCUT2D eigenvalue weighted by Crippen LogP contribution is 2.20. The van der Waals surface area contributed by atoms with Crippen LogP contribution in [-0.4, -0.2) is 25.3 Å². The van der Waals surface area contributed by atoms with E-state index in [0.29, 0.717) is 0 Å². The highest BCUT2D eigenvalue weighted by atomic mass is 19.1. The van der Waals surface area contributed by atoms with Gasteiger partial charge >= 0.3 is 0 Å². The SMILES string of the molecule is Cn1nnc(CC(O)c2cc(F)ccc2F)n1. The first-order valence-electron chi connectivity index (χ1n) is 4.92. The van der Waals surface area contributed by atoms with Gasteiger partial charge in [0.15, 0.2) is 5.82 Å². The van der Waals surface area contributed by atoms with Crippen LogP contribution in [0.3, 0.4) is 0 Å². The molecule has 0 saturated carbocycles. The Balaban J connectivity index is 2.19. The van der Waals surface area contributed by atoms with Crippen LogP contribution in [0.4, 0.5) is 8.78 Å². The predicted molar refractivity (Wildman–Crippen MR) is 53.8 cm³/mol. The molecule has 0 bridgehead atoms. The summed E-state index contributed by atoms with van der Waals surface area (Å²) in [6, 6.07) is 2.92. The fourth-order valence-electron chi connectivity index (χ4n) is 1.46. The molecule has 2 aromatic rings. The van der Waals surface area contributed by atoms with Gasteiger partial charge in [0.05, 0.1) is 13.2 Å². The maximum absolute atomic E-state index is 13.3.